The zero-order chi connectivity index (χ0) is 15.6. The SMILES string of the molecule is CN(N=O)C(=N)N[N+](=O)[O-].N=C(N)N(N=O)[N+](=O)[O-]. The van der Waals surface area contributed by atoms with Crippen molar-refractivity contribution in [2.75, 3.05) is 7.05 Å². The fraction of sp³-hybridized carbons (Fsp3) is 0.333. The van der Waals surface area contributed by atoms with Crippen LogP contribution in [0, 0.1) is 40.9 Å². The van der Waals surface area contributed by atoms with Crippen molar-refractivity contribution < 1.29 is 10.1 Å². The molecule has 0 heterocycles. The molecule has 0 atom stereocenters. The molecule has 0 fully saturated rings. The van der Waals surface area contributed by atoms with Crippen molar-refractivity contribution in [3.05, 3.63) is 30.0 Å². The van der Waals surface area contributed by atoms with Gasteiger partial charge in [-0.2, -0.15) is 5.01 Å². The van der Waals surface area contributed by atoms with E-state index in [0.717, 1.165) is 7.05 Å². The summed E-state index contributed by atoms with van der Waals surface area (Å²) in [7, 11) is 1.12. The van der Waals surface area contributed by atoms with Gasteiger partial charge in [0.2, 0.25) is 0 Å². The van der Waals surface area contributed by atoms with Crippen molar-refractivity contribution in [2.45, 2.75) is 0 Å². The number of hydrogen-bond acceptors (Lipinski definition) is 10. The standard InChI is InChI=1S/C2H5N5O3.CH3N5O3/c1-6(5-8)2(3)4-7(9)10;2-1(3)5(4-7)6(8)9/h1H3,(H2,3,4);(H3,2,3). The largest absolute Gasteiger partial charge is 0.363 e. The van der Waals surface area contributed by atoms with Crippen molar-refractivity contribution in [1.82, 2.24) is 15.6 Å². The number of rotatable bonds is 4. The Balaban J connectivity index is 0. The minimum Gasteiger partial charge on any atom is -0.363 e. The summed E-state index contributed by atoms with van der Waals surface area (Å²) >= 11 is 0. The van der Waals surface area contributed by atoms with Crippen LogP contribution in [-0.2, 0) is 0 Å². The molecule has 16 heteroatoms. The second-order valence-electron chi connectivity index (χ2n) is 2.32. The summed E-state index contributed by atoms with van der Waals surface area (Å²) in [6.45, 7) is 0. The van der Waals surface area contributed by atoms with Crippen molar-refractivity contribution in [3.63, 3.8) is 0 Å². The summed E-state index contributed by atoms with van der Waals surface area (Å²) < 4.78 is 0. The van der Waals surface area contributed by atoms with Gasteiger partial charge >= 0.3 is 5.29 Å². The summed E-state index contributed by atoms with van der Waals surface area (Å²) in [6, 6.07) is 0. The van der Waals surface area contributed by atoms with E-state index in [4.69, 9.17) is 10.8 Å². The first-order chi connectivity index (χ1) is 8.67. The fourth-order valence-corrected chi connectivity index (χ4v) is 0.361. The predicted molar refractivity (Wildman–Crippen MR) is 58.0 cm³/mol. The third-order valence-corrected chi connectivity index (χ3v) is 1.09. The Morgan fingerprint density at radius 1 is 1.26 bits per heavy atom. The van der Waals surface area contributed by atoms with Crippen LogP contribution in [0.5, 0.6) is 0 Å². The first kappa shape index (κ1) is 17.9. The number of nitrogens with one attached hydrogen (secondary N) is 3. The molecule has 0 bridgehead atoms. The van der Waals surface area contributed by atoms with E-state index < -0.39 is 22.0 Å². The Morgan fingerprint density at radius 3 is 1.89 bits per heavy atom. The van der Waals surface area contributed by atoms with Gasteiger partial charge in [0.25, 0.3) is 11.9 Å². The molecule has 0 aromatic rings. The van der Waals surface area contributed by atoms with E-state index in [2.05, 4.69) is 11.0 Å². The minimum atomic E-state index is -1.20. The van der Waals surface area contributed by atoms with Gasteiger partial charge in [0.1, 0.15) is 5.12 Å². The Morgan fingerprint density at radius 2 is 1.74 bits per heavy atom. The molecule has 0 rings (SSSR count). The highest BCUT2D eigenvalue weighted by molar-refractivity contribution is 5.74. The van der Waals surface area contributed by atoms with Gasteiger partial charge in [-0.3, -0.25) is 10.8 Å². The van der Waals surface area contributed by atoms with Crippen molar-refractivity contribution >= 4 is 11.9 Å². The van der Waals surface area contributed by atoms with Crippen LogP contribution in [0.1, 0.15) is 0 Å². The summed E-state index contributed by atoms with van der Waals surface area (Å²) in [5, 5.41) is 34.3. The zero-order valence-electron chi connectivity index (χ0n) is 9.21. The van der Waals surface area contributed by atoms with Gasteiger partial charge in [-0.05, 0) is 0 Å². The molecule has 0 unspecified atom stereocenters. The van der Waals surface area contributed by atoms with Crippen molar-refractivity contribution in [1.29, 1.82) is 10.8 Å². The Kier molecular flexibility index (Phi) is 8.17. The smallest absolute Gasteiger partial charge is 0.318 e. The zero-order valence-corrected chi connectivity index (χ0v) is 9.21. The van der Waals surface area contributed by atoms with Crippen molar-refractivity contribution in [3.8, 4) is 0 Å². The van der Waals surface area contributed by atoms with E-state index in [-0.39, 0.29) is 5.12 Å². The van der Waals surface area contributed by atoms with Gasteiger partial charge in [0.15, 0.2) is 5.03 Å². The van der Waals surface area contributed by atoms with Gasteiger partial charge in [0, 0.05) is 12.0 Å². The average Bonchev–Trinajstić information content (AvgIpc) is 2.27. The molecule has 5 N–H and O–H groups in total. The van der Waals surface area contributed by atoms with E-state index in [1.54, 1.807) is 0 Å². The fourth-order valence-electron chi connectivity index (χ4n) is 0.361. The van der Waals surface area contributed by atoms with E-state index in [1.165, 1.54) is 5.43 Å². The summed E-state index contributed by atoms with van der Waals surface area (Å²) in [5.41, 5.74) is 5.95. The number of nitrogens with zero attached hydrogens (tertiary/aromatic N) is 6. The average molecular weight is 280 g/mol. The maximum absolute atomic E-state index is 9.61. The first-order valence-corrected chi connectivity index (χ1v) is 3.85. The quantitative estimate of drug-likeness (QED) is 0.150. The second-order valence-corrected chi connectivity index (χ2v) is 2.32. The molecule has 0 radical (unpaired) electrons. The van der Waals surface area contributed by atoms with Gasteiger partial charge in [-0.1, -0.05) is 5.43 Å². The van der Waals surface area contributed by atoms with E-state index in [0.29, 0.717) is 5.01 Å². The number of nitroso groups, excluding NO2 is 2. The third kappa shape index (κ3) is 8.36. The van der Waals surface area contributed by atoms with Crippen LogP contribution in [0.2, 0.25) is 0 Å². The summed E-state index contributed by atoms with van der Waals surface area (Å²) in [4.78, 5) is 38.2. The molecule has 0 aromatic heterocycles. The van der Waals surface area contributed by atoms with Gasteiger partial charge < -0.3 is 15.8 Å². The lowest BCUT2D eigenvalue weighted by atomic mass is 10.9. The van der Waals surface area contributed by atoms with Crippen LogP contribution in [0.3, 0.4) is 0 Å². The lowest BCUT2D eigenvalue weighted by Gasteiger charge is -2.04. The van der Waals surface area contributed by atoms with Crippen LogP contribution in [-0.4, -0.2) is 39.2 Å². The maximum Gasteiger partial charge on any atom is 0.318 e. The molecule has 0 aromatic carbocycles. The Bertz CT molecular complexity index is 379. The topological polar surface area (TPSA) is 237 Å². The number of nitro groups is 2. The molecule has 106 valence electrons. The number of nitrogens with two attached hydrogens (primary N) is 1. The minimum absolute atomic E-state index is 0.389. The lowest BCUT2D eigenvalue weighted by Crippen LogP contribution is -2.38. The molecular weight excluding hydrogens is 272 g/mol. The molecule has 0 aliphatic heterocycles. The molecule has 16 nitrogen and oxygen atoms in total. The normalized spacial score (nSPS) is 8.05. The second kappa shape index (κ2) is 8.66. The van der Waals surface area contributed by atoms with Crippen molar-refractivity contribution in [2.24, 2.45) is 16.3 Å². The van der Waals surface area contributed by atoms with E-state index in [9.17, 15) is 30.0 Å². The Hall–Kier alpha value is -3.46. The number of hydrogen-bond donors (Lipinski definition) is 4. The van der Waals surface area contributed by atoms with Crippen LogP contribution in [0.25, 0.3) is 0 Å². The van der Waals surface area contributed by atoms with Gasteiger partial charge in [0.05, 0.1) is 10.3 Å². The first-order valence-electron chi connectivity index (χ1n) is 3.85. The number of guanidine groups is 2. The molecular formula is C3H8N10O6. The van der Waals surface area contributed by atoms with Gasteiger partial charge in [-0.25, -0.2) is 10.1 Å². The molecule has 0 spiro atoms. The molecule has 0 aliphatic rings. The van der Waals surface area contributed by atoms with Crippen LogP contribution < -0.4 is 11.2 Å². The number of hydrazine groups is 2. The third-order valence-electron chi connectivity index (χ3n) is 1.09. The van der Waals surface area contributed by atoms with E-state index in [1.807, 2.05) is 5.29 Å². The predicted octanol–water partition coefficient (Wildman–Crippen LogP) is -1.63. The van der Waals surface area contributed by atoms with Gasteiger partial charge in [-0.15, -0.1) is 4.91 Å². The molecule has 0 saturated heterocycles. The lowest BCUT2D eigenvalue weighted by molar-refractivity contribution is -0.631. The highest BCUT2D eigenvalue weighted by Gasteiger charge is 2.17. The summed E-state index contributed by atoms with van der Waals surface area (Å²) in [6.07, 6.45) is 0. The monoisotopic (exact) mass is 280 g/mol. The van der Waals surface area contributed by atoms with E-state index >= 15 is 0 Å². The Labute approximate surface area is 103 Å². The highest BCUT2D eigenvalue weighted by atomic mass is 16.7. The maximum atomic E-state index is 9.61. The van der Waals surface area contributed by atoms with Crippen LogP contribution in [0.15, 0.2) is 10.6 Å². The van der Waals surface area contributed by atoms with Crippen LogP contribution in [0.4, 0.5) is 0 Å². The highest BCUT2D eigenvalue weighted by Crippen LogP contribution is 1.84. The molecule has 0 amide bonds. The molecule has 19 heavy (non-hydrogen) atoms. The molecule has 0 saturated carbocycles. The molecule has 0 aliphatic carbocycles. The summed E-state index contributed by atoms with van der Waals surface area (Å²) in [5.74, 6) is -1.70. The van der Waals surface area contributed by atoms with Crippen LogP contribution >= 0.6 is 0 Å².